The Bertz CT molecular complexity index is 1720. The van der Waals surface area contributed by atoms with Crippen LogP contribution < -0.4 is 16.1 Å². The molecule has 0 aliphatic carbocycles. The summed E-state index contributed by atoms with van der Waals surface area (Å²) in [4.78, 5) is 37.4. The van der Waals surface area contributed by atoms with E-state index in [1.807, 2.05) is 68.4 Å². The molecule has 0 aliphatic heterocycles. The summed E-state index contributed by atoms with van der Waals surface area (Å²) in [5.41, 5.74) is 4.67. The number of hydrogen-bond donors (Lipinski definition) is 1. The molecule has 0 spiro atoms. The van der Waals surface area contributed by atoms with E-state index in [9.17, 15) is 9.59 Å². The summed E-state index contributed by atoms with van der Waals surface area (Å²) in [6.07, 6.45) is 3.66. The Labute approximate surface area is 225 Å². The van der Waals surface area contributed by atoms with Gasteiger partial charge >= 0.3 is 5.76 Å². The van der Waals surface area contributed by atoms with Crippen LogP contribution in [0.1, 0.15) is 42.9 Å². The monoisotopic (exact) mass is 523 g/mol. The van der Waals surface area contributed by atoms with Crippen molar-refractivity contribution in [2.24, 2.45) is 0 Å². The van der Waals surface area contributed by atoms with Gasteiger partial charge in [0, 0.05) is 24.2 Å². The highest BCUT2D eigenvalue weighted by Crippen LogP contribution is 2.31. The number of hydrogen-bond acceptors (Lipinski definition) is 7. The van der Waals surface area contributed by atoms with Crippen molar-refractivity contribution in [3.63, 3.8) is 0 Å². The highest BCUT2D eigenvalue weighted by Gasteiger charge is 2.20. The number of aromatic amines is 1. The van der Waals surface area contributed by atoms with Crippen LogP contribution in [0.3, 0.4) is 0 Å². The maximum Gasteiger partial charge on any atom is 0.439 e. The van der Waals surface area contributed by atoms with Gasteiger partial charge in [-0.15, -0.1) is 0 Å². The van der Waals surface area contributed by atoms with Crippen molar-refractivity contribution >= 4 is 0 Å². The van der Waals surface area contributed by atoms with Crippen LogP contribution in [0.15, 0.2) is 81.0 Å². The van der Waals surface area contributed by atoms with Crippen LogP contribution in [0.25, 0.3) is 22.5 Å². The van der Waals surface area contributed by atoms with Crippen LogP contribution in [0.4, 0.5) is 0 Å². The standard InChI is InChI=1S/C30H29N5O4/c1-4-9-25-32-24(5-2)27(38-26-16-19(3)14-15-31-26)29(36)35(25)18-20-12-13-22(21-10-7-6-8-11-21)23(17-20)28-33-30(37)39-34-28/h6-8,10-17H,4-5,9,18H2,1-3H3,(H,33,34,37). The molecule has 0 amide bonds. The van der Waals surface area contributed by atoms with Gasteiger partial charge in [0.15, 0.2) is 5.82 Å². The Morgan fingerprint density at radius 1 is 1.00 bits per heavy atom. The fourth-order valence-electron chi connectivity index (χ4n) is 4.50. The second-order valence-electron chi connectivity index (χ2n) is 9.26. The number of aryl methyl sites for hydroxylation is 3. The predicted octanol–water partition coefficient (Wildman–Crippen LogP) is 5.31. The van der Waals surface area contributed by atoms with Crippen LogP contribution in [0.5, 0.6) is 11.6 Å². The molecule has 1 N–H and O–H groups in total. The molecule has 9 heteroatoms. The second kappa shape index (κ2) is 11.3. The maximum absolute atomic E-state index is 13.9. The number of nitrogens with one attached hydrogen (secondary N) is 1. The first-order chi connectivity index (χ1) is 19.0. The number of pyridine rings is 1. The minimum absolute atomic E-state index is 0.178. The van der Waals surface area contributed by atoms with Crippen LogP contribution in [0.2, 0.25) is 0 Å². The lowest BCUT2D eigenvalue weighted by Gasteiger charge is -2.17. The molecule has 5 rings (SSSR count). The summed E-state index contributed by atoms with van der Waals surface area (Å²) in [6, 6.07) is 19.3. The van der Waals surface area contributed by atoms with Crippen molar-refractivity contribution in [1.29, 1.82) is 0 Å². The van der Waals surface area contributed by atoms with Crippen molar-refractivity contribution < 1.29 is 9.26 Å². The largest absolute Gasteiger partial charge is 0.439 e. The highest BCUT2D eigenvalue weighted by atomic mass is 16.5. The summed E-state index contributed by atoms with van der Waals surface area (Å²) in [5.74, 6) is 0.894. The molecule has 198 valence electrons. The summed E-state index contributed by atoms with van der Waals surface area (Å²) in [7, 11) is 0. The summed E-state index contributed by atoms with van der Waals surface area (Å²) < 4.78 is 12.5. The van der Waals surface area contributed by atoms with Crippen molar-refractivity contribution in [2.75, 3.05) is 0 Å². The van der Waals surface area contributed by atoms with Gasteiger partial charge in [0.25, 0.3) is 5.56 Å². The molecule has 0 atom stereocenters. The van der Waals surface area contributed by atoms with Gasteiger partial charge in [0.2, 0.25) is 11.6 Å². The molecule has 0 unspecified atom stereocenters. The Kier molecular flexibility index (Phi) is 7.49. The Morgan fingerprint density at radius 3 is 2.51 bits per heavy atom. The maximum atomic E-state index is 13.9. The molecule has 39 heavy (non-hydrogen) atoms. The molecule has 0 saturated carbocycles. The fourth-order valence-corrected chi connectivity index (χ4v) is 4.50. The molecule has 0 aliphatic rings. The van der Waals surface area contributed by atoms with E-state index in [-0.39, 0.29) is 17.9 Å². The summed E-state index contributed by atoms with van der Waals surface area (Å²) in [6.45, 7) is 6.20. The van der Waals surface area contributed by atoms with E-state index in [1.165, 1.54) is 0 Å². The summed E-state index contributed by atoms with van der Waals surface area (Å²) >= 11 is 0. The number of H-pyrrole nitrogens is 1. The van der Waals surface area contributed by atoms with Gasteiger partial charge in [-0.05, 0) is 54.2 Å². The normalized spacial score (nSPS) is 11.1. The van der Waals surface area contributed by atoms with Crippen molar-refractivity contribution in [1.82, 2.24) is 24.7 Å². The van der Waals surface area contributed by atoms with Gasteiger partial charge in [-0.1, -0.05) is 61.5 Å². The smallest absolute Gasteiger partial charge is 0.431 e. The zero-order valence-electron chi connectivity index (χ0n) is 22.1. The molecule has 3 aromatic heterocycles. The zero-order valence-corrected chi connectivity index (χ0v) is 22.1. The molecular weight excluding hydrogens is 494 g/mol. The quantitative estimate of drug-likeness (QED) is 0.278. The number of ether oxygens (including phenoxy) is 1. The van der Waals surface area contributed by atoms with Crippen LogP contribution in [0, 0.1) is 6.92 Å². The predicted molar refractivity (Wildman–Crippen MR) is 148 cm³/mol. The molecule has 0 bridgehead atoms. The van der Waals surface area contributed by atoms with E-state index in [0.29, 0.717) is 41.6 Å². The summed E-state index contributed by atoms with van der Waals surface area (Å²) in [5, 5.41) is 3.92. The van der Waals surface area contributed by atoms with Crippen molar-refractivity contribution in [3.05, 3.63) is 110 Å². The molecule has 0 saturated heterocycles. The minimum atomic E-state index is -0.637. The van der Waals surface area contributed by atoms with Crippen LogP contribution >= 0.6 is 0 Å². The lowest BCUT2D eigenvalue weighted by Crippen LogP contribution is -2.28. The first-order valence-electron chi connectivity index (χ1n) is 12.9. The average molecular weight is 524 g/mol. The van der Waals surface area contributed by atoms with Gasteiger partial charge in [-0.25, -0.2) is 14.8 Å². The van der Waals surface area contributed by atoms with E-state index in [0.717, 1.165) is 28.7 Å². The van der Waals surface area contributed by atoms with E-state index < -0.39 is 5.76 Å². The number of benzene rings is 2. The molecule has 0 fully saturated rings. The lowest BCUT2D eigenvalue weighted by atomic mass is 9.97. The average Bonchev–Trinajstić information content (AvgIpc) is 3.38. The number of aromatic nitrogens is 5. The molecule has 2 aromatic carbocycles. The third-order valence-corrected chi connectivity index (χ3v) is 6.39. The van der Waals surface area contributed by atoms with Crippen molar-refractivity contribution in [2.45, 2.75) is 46.6 Å². The minimum Gasteiger partial charge on any atom is -0.431 e. The van der Waals surface area contributed by atoms with E-state index in [2.05, 4.69) is 22.0 Å². The second-order valence-corrected chi connectivity index (χ2v) is 9.26. The fraction of sp³-hybridized carbons (Fsp3) is 0.233. The van der Waals surface area contributed by atoms with E-state index in [1.54, 1.807) is 16.8 Å². The first-order valence-corrected chi connectivity index (χ1v) is 12.9. The van der Waals surface area contributed by atoms with Gasteiger partial charge < -0.3 is 4.74 Å². The van der Waals surface area contributed by atoms with E-state index >= 15 is 0 Å². The van der Waals surface area contributed by atoms with Gasteiger partial charge in [0.1, 0.15) is 5.82 Å². The highest BCUT2D eigenvalue weighted by molar-refractivity contribution is 5.80. The van der Waals surface area contributed by atoms with Gasteiger partial charge in [-0.2, -0.15) is 0 Å². The molecule has 5 aromatic rings. The molecule has 0 radical (unpaired) electrons. The Hall–Kier alpha value is -4.79. The third kappa shape index (κ3) is 5.57. The zero-order chi connectivity index (χ0) is 27.4. The van der Waals surface area contributed by atoms with Crippen molar-refractivity contribution in [3.8, 4) is 34.1 Å². The lowest BCUT2D eigenvalue weighted by molar-refractivity contribution is 0.388. The third-order valence-electron chi connectivity index (χ3n) is 6.39. The Balaban J connectivity index is 1.61. The number of rotatable bonds is 9. The molecular formula is C30H29N5O4. The molecule has 3 heterocycles. The van der Waals surface area contributed by atoms with Gasteiger partial charge in [0.05, 0.1) is 12.2 Å². The molecule has 9 nitrogen and oxygen atoms in total. The number of nitrogens with zero attached hydrogens (tertiary/aromatic N) is 4. The van der Waals surface area contributed by atoms with Gasteiger partial charge in [-0.3, -0.25) is 18.9 Å². The van der Waals surface area contributed by atoms with E-state index in [4.69, 9.17) is 14.2 Å². The Morgan fingerprint density at radius 2 is 1.82 bits per heavy atom. The van der Waals surface area contributed by atoms with Crippen LogP contribution in [-0.2, 0) is 19.4 Å². The van der Waals surface area contributed by atoms with Crippen LogP contribution in [-0.4, -0.2) is 24.7 Å². The first kappa shape index (κ1) is 25.8. The SMILES string of the molecule is CCCc1nc(CC)c(Oc2cc(C)ccn2)c(=O)n1Cc1ccc(-c2ccccc2)c(-c2noc(=O)[nH]2)c1. The topological polar surface area (TPSA) is 116 Å².